The lowest BCUT2D eigenvalue weighted by atomic mass is 10.2. The number of amides is 1. The van der Waals surface area contributed by atoms with Gasteiger partial charge >= 0.3 is 0 Å². The standard InChI is InChI=1S/C17H14FN3O2S/c18-14-4-2-1-3-12(14)5-6-15(22)19-8-9-21-11-20-16-13(17(21)23)7-10-24-16/h1-7,10-11H,8-9H2,(H,19,22). The molecule has 2 aromatic heterocycles. The Morgan fingerprint density at radius 2 is 2.17 bits per heavy atom. The van der Waals surface area contributed by atoms with Crippen molar-refractivity contribution in [3.05, 3.63) is 69.8 Å². The molecule has 0 saturated heterocycles. The maximum Gasteiger partial charge on any atom is 0.262 e. The summed E-state index contributed by atoms with van der Waals surface area (Å²) in [4.78, 5) is 28.8. The molecular weight excluding hydrogens is 329 g/mol. The molecule has 0 aliphatic carbocycles. The topological polar surface area (TPSA) is 64.0 Å². The van der Waals surface area contributed by atoms with Gasteiger partial charge in [-0.1, -0.05) is 18.2 Å². The number of nitrogens with zero attached hydrogens (tertiary/aromatic N) is 2. The number of carbonyl (C=O) groups excluding carboxylic acids is 1. The number of thiophene rings is 1. The van der Waals surface area contributed by atoms with E-state index in [4.69, 9.17) is 0 Å². The molecule has 0 radical (unpaired) electrons. The lowest BCUT2D eigenvalue weighted by Gasteiger charge is -2.05. The van der Waals surface area contributed by atoms with Gasteiger partial charge in [0.2, 0.25) is 5.91 Å². The number of benzene rings is 1. The Hall–Kier alpha value is -2.80. The molecule has 3 aromatic rings. The van der Waals surface area contributed by atoms with Gasteiger partial charge in [-0.2, -0.15) is 0 Å². The second-order valence-corrected chi connectivity index (χ2v) is 5.92. The lowest BCUT2D eigenvalue weighted by Crippen LogP contribution is -2.29. The van der Waals surface area contributed by atoms with E-state index in [-0.39, 0.29) is 23.8 Å². The van der Waals surface area contributed by atoms with Crippen molar-refractivity contribution < 1.29 is 9.18 Å². The highest BCUT2D eigenvalue weighted by molar-refractivity contribution is 7.16. The molecule has 122 valence electrons. The van der Waals surface area contributed by atoms with E-state index >= 15 is 0 Å². The average Bonchev–Trinajstić information content (AvgIpc) is 3.06. The summed E-state index contributed by atoms with van der Waals surface area (Å²) < 4.78 is 14.9. The summed E-state index contributed by atoms with van der Waals surface area (Å²) in [5, 5.41) is 5.05. The van der Waals surface area contributed by atoms with Crippen molar-refractivity contribution in [2.75, 3.05) is 6.54 Å². The molecule has 5 nitrogen and oxygen atoms in total. The number of aromatic nitrogens is 2. The van der Waals surface area contributed by atoms with E-state index in [0.717, 1.165) is 0 Å². The molecule has 0 bridgehead atoms. The molecule has 1 aromatic carbocycles. The van der Waals surface area contributed by atoms with Crippen LogP contribution in [0.15, 0.2) is 52.9 Å². The van der Waals surface area contributed by atoms with Crippen molar-refractivity contribution in [1.29, 1.82) is 0 Å². The van der Waals surface area contributed by atoms with Crippen LogP contribution in [-0.4, -0.2) is 22.0 Å². The molecule has 0 fully saturated rings. The van der Waals surface area contributed by atoms with Crippen molar-refractivity contribution in [3.8, 4) is 0 Å². The van der Waals surface area contributed by atoms with E-state index in [9.17, 15) is 14.0 Å². The summed E-state index contributed by atoms with van der Waals surface area (Å²) in [5.74, 6) is -0.737. The fourth-order valence-corrected chi connectivity index (χ4v) is 2.91. The second-order valence-electron chi connectivity index (χ2n) is 5.03. The predicted octanol–water partition coefficient (Wildman–Crippen LogP) is 2.43. The van der Waals surface area contributed by atoms with Gasteiger partial charge in [0, 0.05) is 24.7 Å². The van der Waals surface area contributed by atoms with Crippen molar-refractivity contribution >= 4 is 33.5 Å². The SMILES string of the molecule is O=C(C=Cc1ccccc1F)NCCn1cnc2sccc2c1=O. The average molecular weight is 343 g/mol. The van der Waals surface area contributed by atoms with Crippen LogP contribution in [0.25, 0.3) is 16.3 Å². The zero-order chi connectivity index (χ0) is 16.9. The zero-order valence-electron chi connectivity index (χ0n) is 12.6. The molecule has 0 unspecified atom stereocenters. The van der Waals surface area contributed by atoms with E-state index in [1.807, 2.05) is 5.38 Å². The normalized spacial score (nSPS) is 11.2. The van der Waals surface area contributed by atoms with Gasteiger partial charge in [-0.3, -0.25) is 14.2 Å². The molecule has 0 atom stereocenters. The Morgan fingerprint density at radius 1 is 1.33 bits per heavy atom. The molecular formula is C17H14FN3O2S. The molecule has 0 aliphatic rings. The first-order valence-electron chi connectivity index (χ1n) is 7.28. The highest BCUT2D eigenvalue weighted by Gasteiger charge is 2.05. The number of hydrogen-bond donors (Lipinski definition) is 1. The third-order valence-corrected chi connectivity index (χ3v) is 4.24. The number of nitrogens with one attached hydrogen (secondary N) is 1. The first-order valence-corrected chi connectivity index (χ1v) is 8.16. The molecule has 0 aliphatic heterocycles. The highest BCUT2D eigenvalue weighted by atomic mass is 32.1. The number of hydrogen-bond acceptors (Lipinski definition) is 4. The zero-order valence-corrected chi connectivity index (χ0v) is 13.4. The van der Waals surface area contributed by atoms with E-state index in [0.29, 0.717) is 22.3 Å². The molecule has 1 amide bonds. The van der Waals surface area contributed by atoms with Crippen LogP contribution in [-0.2, 0) is 11.3 Å². The molecule has 3 rings (SSSR count). The van der Waals surface area contributed by atoms with E-state index in [1.54, 1.807) is 24.3 Å². The van der Waals surface area contributed by atoms with Crippen molar-refractivity contribution in [2.45, 2.75) is 6.54 Å². The van der Waals surface area contributed by atoms with Crippen LogP contribution in [0.2, 0.25) is 0 Å². The van der Waals surface area contributed by atoms with Crippen LogP contribution in [0.4, 0.5) is 4.39 Å². The number of fused-ring (bicyclic) bond motifs is 1. The summed E-state index contributed by atoms with van der Waals surface area (Å²) in [6.07, 6.45) is 4.15. The summed E-state index contributed by atoms with van der Waals surface area (Å²) >= 11 is 1.41. The smallest absolute Gasteiger partial charge is 0.262 e. The van der Waals surface area contributed by atoms with E-state index in [2.05, 4.69) is 10.3 Å². The Bertz CT molecular complexity index is 962. The molecule has 24 heavy (non-hydrogen) atoms. The minimum Gasteiger partial charge on any atom is -0.351 e. The van der Waals surface area contributed by atoms with Gasteiger partial charge in [0.15, 0.2) is 0 Å². The number of rotatable bonds is 5. The van der Waals surface area contributed by atoms with Gasteiger partial charge in [0.05, 0.1) is 11.7 Å². The highest BCUT2D eigenvalue weighted by Crippen LogP contribution is 2.13. The molecule has 2 heterocycles. The van der Waals surface area contributed by atoms with Crippen LogP contribution in [0.3, 0.4) is 0 Å². The minimum absolute atomic E-state index is 0.127. The Labute approximate surface area is 141 Å². The number of halogens is 1. The van der Waals surface area contributed by atoms with Crippen molar-refractivity contribution in [2.24, 2.45) is 0 Å². The quantitative estimate of drug-likeness (QED) is 0.724. The summed E-state index contributed by atoms with van der Waals surface area (Å²) in [5.41, 5.74) is 0.216. The largest absolute Gasteiger partial charge is 0.351 e. The molecule has 0 spiro atoms. The third-order valence-electron chi connectivity index (χ3n) is 3.42. The lowest BCUT2D eigenvalue weighted by molar-refractivity contribution is -0.116. The fraction of sp³-hybridized carbons (Fsp3) is 0.118. The predicted molar refractivity (Wildman–Crippen MR) is 92.3 cm³/mol. The Morgan fingerprint density at radius 3 is 3.00 bits per heavy atom. The third kappa shape index (κ3) is 3.57. The van der Waals surface area contributed by atoms with Crippen molar-refractivity contribution in [1.82, 2.24) is 14.9 Å². The van der Waals surface area contributed by atoms with Crippen LogP contribution in [0, 0.1) is 5.82 Å². The fourth-order valence-electron chi connectivity index (χ4n) is 2.19. The van der Waals surface area contributed by atoms with Gasteiger partial charge < -0.3 is 5.32 Å². The van der Waals surface area contributed by atoms with Gasteiger partial charge in [-0.25, -0.2) is 9.37 Å². The van der Waals surface area contributed by atoms with Crippen LogP contribution in [0.5, 0.6) is 0 Å². The molecule has 1 N–H and O–H groups in total. The van der Waals surface area contributed by atoms with Crippen LogP contribution in [0.1, 0.15) is 5.56 Å². The Kier molecular flexibility index (Phi) is 4.81. The first-order chi connectivity index (χ1) is 11.6. The van der Waals surface area contributed by atoms with Gasteiger partial charge in [0.1, 0.15) is 10.6 Å². The van der Waals surface area contributed by atoms with E-state index in [1.165, 1.54) is 40.4 Å². The molecule has 7 heteroatoms. The van der Waals surface area contributed by atoms with Gasteiger partial charge in [0.25, 0.3) is 5.56 Å². The number of carbonyl (C=O) groups is 1. The Balaban J connectivity index is 1.57. The summed E-state index contributed by atoms with van der Waals surface area (Å²) in [7, 11) is 0. The maximum atomic E-state index is 13.4. The molecule has 0 saturated carbocycles. The summed E-state index contributed by atoms with van der Waals surface area (Å²) in [6.45, 7) is 0.592. The first kappa shape index (κ1) is 16.1. The second kappa shape index (κ2) is 7.18. The van der Waals surface area contributed by atoms with Gasteiger partial charge in [-0.15, -0.1) is 11.3 Å². The minimum atomic E-state index is -0.386. The maximum absolute atomic E-state index is 13.4. The van der Waals surface area contributed by atoms with Crippen molar-refractivity contribution in [3.63, 3.8) is 0 Å². The monoisotopic (exact) mass is 343 g/mol. The summed E-state index contributed by atoms with van der Waals surface area (Å²) in [6, 6.07) is 7.93. The van der Waals surface area contributed by atoms with Crippen LogP contribution >= 0.6 is 11.3 Å². The van der Waals surface area contributed by atoms with Gasteiger partial charge in [-0.05, 0) is 23.6 Å². The van der Waals surface area contributed by atoms with Crippen LogP contribution < -0.4 is 10.9 Å². The van der Waals surface area contributed by atoms with E-state index < -0.39 is 0 Å².